The van der Waals surface area contributed by atoms with E-state index in [0.717, 1.165) is 42.2 Å². The fraction of sp³-hybridized carbons (Fsp3) is 0.500. The number of hydrogen-bond acceptors (Lipinski definition) is 5. The van der Waals surface area contributed by atoms with Gasteiger partial charge in [-0.3, -0.25) is 9.36 Å². The van der Waals surface area contributed by atoms with Crippen molar-refractivity contribution in [2.45, 2.75) is 49.1 Å². The average molecular weight is 380 g/mol. The van der Waals surface area contributed by atoms with Crippen molar-refractivity contribution in [2.75, 3.05) is 13.7 Å². The lowest BCUT2D eigenvalue weighted by Crippen LogP contribution is -2.16. The van der Waals surface area contributed by atoms with Crippen LogP contribution in [0.4, 0.5) is 0 Å². The van der Waals surface area contributed by atoms with E-state index < -0.39 is 0 Å². The number of carbonyl (C=O) groups is 1. The molecule has 25 heavy (non-hydrogen) atoms. The van der Waals surface area contributed by atoms with E-state index in [9.17, 15) is 4.79 Å². The standard InChI is InChI=1S/C18H22ClN3O2S/c1-24-12-11-22-17(13-7-9-14(19)10-8-13)20-21-18(22)25-16-6-4-2-3-5-15(16)23/h7-10,16H,2-6,11-12H2,1H3. The van der Waals surface area contributed by atoms with Crippen LogP contribution < -0.4 is 0 Å². The van der Waals surface area contributed by atoms with Crippen LogP contribution in [0.25, 0.3) is 11.4 Å². The van der Waals surface area contributed by atoms with E-state index in [1.54, 1.807) is 7.11 Å². The van der Waals surface area contributed by atoms with Crippen LogP contribution in [0.15, 0.2) is 29.4 Å². The van der Waals surface area contributed by atoms with Gasteiger partial charge in [-0.05, 0) is 37.1 Å². The van der Waals surface area contributed by atoms with Crippen molar-refractivity contribution in [1.82, 2.24) is 14.8 Å². The fourth-order valence-electron chi connectivity index (χ4n) is 2.95. The molecule has 1 atom stereocenters. The highest BCUT2D eigenvalue weighted by Gasteiger charge is 2.25. The van der Waals surface area contributed by atoms with Gasteiger partial charge in [0.1, 0.15) is 5.78 Å². The van der Waals surface area contributed by atoms with E-state index in [4.69, 9.17) is 16.3 Å². The van der Waals surface area contributed by atoms with Gasteiger partial charge in [0, 0.05) is 24.1 Å². The molecule has 1 aliphatic rings. The summed E-state index contributed by atoms with van der Waals surface area (Å²) >= 11 is 7.52. The molecule has 0 spiro atoms. The maximum absolute atomic E-state index is 12.3. The van der Waals surface area contributed by atoms with Crippen LogP contribution in [0, 0.1) is 0 Å². The molecule has 1 unspecified atom stereocenters. The summed E-state index contributed by atoms with van der Waals surface area (Å²) in [6, 6.07) is 7.55. The quantitative estimate of drug-likeness (QED) is 0.702. The van der Waals surface area contributed by atoms with E-state index >= 15 is 0 Å². The van der Waals surface area contributed by atoms with Gasteiger partial charge in [0.2, 0.25) is 0 Å². The molecule has 0 radical (unpaired) electrons. The topological polar surface area (TPSA) is 57.0 Å². The zero-order chi connectivity index (χ0) is 17.6. The third-order valence-corrected chi connectivity index (χ3v) is 5.88. The van der Waals surface area contributed by atoms with E-state index in [0.29, 0.717) is 30.4 Å². The number of halogens is 1. The molecule has 134 valence electrons. The van der Waals surface area contributed by atoms with Gasteiger partial charge in [-0.15, -0.1) is 10.2 Å². The second-order valence-corrected chi connectivity index (χ2v) is 7.74. The number of ether oxygens (including phenoxy) is 1. The van der Waals surface area contributed by atoms with Crippen LogP contribution in [-0.2, 0) is 16.1 Å². The van der Waals surface area contributed by atoms with Gasteiger partial charge in [0.05, 0.1) is 18.4 Å². The molecule has 3 rings (SSSR count). The highest BCUT2D eigenvalue weighted by molar-refractivity contribution is 8.00. The maximum atomic E-state index is 12.3. The summed E-state index contributed by atoms with van der Waals surface area (Å²) in [5, 5.41) is 10.2. The Labute approximate surface area is 157 Å². The highest BCUT2D eigenvalue weighted by atomic mass is 35.5. The summed E-state index contributed by atoms with van der Waals surface area (Å²) in [7, 11) is 1.67. The third kappa shape index (κ3) is 4.63. The lowest BCUT2D eigenvalue weighted by Gasteiger charge is -2.14. The number of thioether (sulfide) groups is 1. The SMILES string of the molecule is COCCn1c(SC2CCCCCC2=O)nnc1-c1ccc(Cl)cc1. The van der Waals surface area contributed by atoms with Crippen LogP contribution >= 0.6 is 23.4 Å². The zero-order valence-corrected chi connectivity index (χ0v) is 15.9. The Morgan fingerprint density at radius 2 is 2.04 bits per heavy atom. The summed E-state index contributed by atoms with van der Waals surface area (Å²) in [6.45, 7) is 1.20. The molecule has 5 nitrogen and oxygen atoms in total. The molecule has 1 fully saturated rings. The average Bonchev–Trinajstić information content (AvgIpc) is 2.89. The van der Waals surface area contributed by atoms with Crippen LogP contribution in [0.1, 0.15) is 32.1 Å². The summed E-state index contributed by atoms with van der Waals surface area (Å²) in [4.78, 5) is 12.3. The molecular weight excluding hydrogens is 358 g/mol. The first-order chi connectivity index (χ1) is 12.2. The number of nitrogens with zero attached hydrogens (tertiary/aromatic N) is 3. The minimum Gasteiger partial charge on any atom is -0.383 e. The number of rotatable bonds is 6. The van der Waals surface area contributed by atoms with Gasteiger partial charge in [-0.2, -0.15) is 0 Å². The predicted molar refractivity (Wildman–Crippen MR) is 100 cm³/mol. The molecule has 1 saturated carbocycles. The number of hydrogen-bond donors (Lipinski definition) is 0. The molecule has 0 N–H and O–H groups in total. The number of Topliss-reactive ketones (excluding diaryl/α,β-unsaturated/α-hetero) is 1. The van der Waals surface area contributed by atoms with E-state index in [1.165, 1.54) is 11.8 Å². The molecule has 0 amide bonds. The monoisotopic (exact) mass is 379 g/mol. The second kappa shape index (κ2) is 8.83. The van der Waals surface area contributed by atoms with Gasteiger partial charge >= 0.3 is 0 Å². The first-order valence-electron chi connectivity index (χ1n) is 8.56. The second-order valence-electron chi connectivity index (χ2n) is 6.13. The van der Waals surface area contributed by atoms with Gasteiger partial charge in [-0.25, -0.2) is 0 Å². The van der Waals surface area contributed by atoms with Crippen molar-refractivity contribution in [2.24, 2.45) is 0 Å². The molecule has 7 heteroatoms. The molecule has 1 aromatic carbocycles. The number of ketones is 1. The van der Waals surface area contributed by atoms with Crippen LogP contribution in [0.3, 0.4) is 0 Å². The molecule has 0 aliphatic heterocycles. The van der Waals surface area contributed by atoms with Crippen molar-refractivity contribution < 1.29 is 9.53 Å². The molecular formula is C18H22ClN3O2S. The minimum atomic E-state index is -0.0222. The lowest BCUT2D eigenvalue weighted by molar-refractivity contribution is -0.118. The van der Waals surface area contributed by atoms with Crippen molar-refractivity contribution in [3.63, 3.8) is 0 Å². The summed E-state index contributed by atoms with van der Waals surface area (Å²) in [6.07, 6.45) is 4.82. The maximum Gasteiger partial charge on any atom is 0.192 e. The van der Waals surface area contributed by atoms with E-state index in [2.05, 4.69) is 10.2 Å². The predicted octanol–water partition coefficient (Wildman–Crippen LogP) is 4.24. The van der Waals surface area contributed by atoms with Crippen LogP contribution in [0.2, 0.25) is 5.02 Å². The number of methoxy groups -OCH3 is 1. The lowest BCUT2D eigenvalue weighted by atomic mass is 10.2. The largest absolute Gasteiger partial charge is 0.383 e. The molecule has 0 saturated heterocycles. The molecule has 1 aromatic heterocycles. The molecule has 1 aliphatic carbocycles. The first-order valence-corrected chi connectivity index (χ1v) is 9.82. The van der Waals surface area contributed by atoms with Crippen LogP contribution in [-0.4, -0.2) is 39.5 Å². The Kier molecular flexibility index (Phi) is 6.51. The number of carbonyl (C=O) groups excluding carboxylic acids is 1. The van der Waals surface area contributed by atoms with Crippen molar-refractivity contribution >= 4 is 29.1 Å². The van der Waals surface area contributed by atoms with E-state index in [1.807, 2.05) is 28.8 Å². The smallest absolute Gasteiger partial charge is 0.192 e. The third-order valence-electron chi connectivity index (χ3n) is 4.33. The van der Waals surface area contributed by atoms with Crippen molar-refractivity contribution in [3.8, 4) is 11.4 Å². The zero-order valence-electron chi connectivity index (χ0n) is 14.3. The minimum absolute atomic E-state index is 0.0222. The summed E-state index contributed by atoms with van der Waals surface area (Å²) in [5.41, 5.74) is 0.951. The summed E-state index contributed by atoms with van der Waals surface area (Å²) < 4.78 is 7.27. The Morgan fingerprint density at radius 3 is 2.80 bits per heavy atom. The molecule has 0 bridgehead atoms. The Bertz CT molecular complexity index is 718. The van der Waals surface area contributed by atoms with E-state index in [-0.39, 0.29) is 5.25 Å². The number of benzene rings is 1. The fourth-order valence-corrected chi connectivity index (χ4v) is 4.26. The number of aromatic nitrogens is 3. The van der Waals surface area contributed by atoms with Gasteiger partial charge in [0.25, 0.3) is 0 Å². The highest BCUT2D eigenvalue weighted by Crippen LogP contribution is 2.32. The van der Waals surface area contributed by atoms with Gasteiger partial charge < -0.3 is 4.74 Å². The Morgan fingerprint density at radius 1 is 1.24 bits per heavy atom. The normalized spacial score (nSPS) is 18.3. The van der Waals surface area contributed by atoms with Gasteiger partial charge in [-0.1, -0.05) is 36.2 Å². The Hall–Kier alpha value is -1.37. The van der Waals surface area contributed by atoms with Crippen LogP contribution in [0.5, 0.6) is 0 Å². The summed E-state index contributed by atoms with van der Waals surface area (Å²) in [5.74, 6) is 1.11. The Balaban J connectivity index is 1.87. The molecule has 2 aromatic rings. The van der Waals surface area contributed by atoms with Gasteiger partial charge in [0.15, 0.2) is 11.0 Å². The molecule has 1 heterocycles. The first kappa shape index (κ1) is 18.4. The van der Waals surface area contributed by atoms with Crippen molar-refractivity contribution in [3.05, 3.63) is 29.3 Å². The van der Waals surface area contributed by atoms with Crippen molar-refractivity contribution in [1.29, 1.82) is 0 Å².